The van der Waals surface area contributed by atoms with E-state index in [2.05, 4.69) is 15.7 Å². The van der Waals surface area contributed by atoms with Crippen LogP contribution in [0.15, 0.2) is 0 Å². The molecule has 7 nitrogen and oxygen atoms in total. The lowest BCUT2D eigenvalue weighted by molar-refractivity contribution is -0.136. The van der Waals surface area contributed by atoms with Gasteiger partial charge in [-0.05, 0) is 0 Å². The van der Waals surface area contributed by atoms with Crippen LogP contribution in [0.1, 0.15) is 0 Å². The molecular weight excluding hydrogens is 174 g/mol. The van der Waals surface area contributed by atoms with Crippen molar-refractivity contribution in [3.05, 3.63) is 0 Å². The van der Waals surface area contributed by atoms with E-state index >= 15 is 0 Å². The molecule has 0 heterocycles. The molecule has 0 saturated carbocycles. The number of carbonyl (C=O) groups is 3. The summed E-state index contributed by atoms with van der Waals surface area (Å²) in [4.78, 5) is 30.1. The van der Waals surface area contributed by atoms with Crippen molar-refractivity contribution in [2.45, 2.75) is 0 Å². The minimum Gasteiger partial charge on any atom is -0.361 e. The topological polar surface area (TPSA) is 125 Å². The highest BCUT2D eigenvalue weighted by Crippen LogP contribution is 1.93. The van der Waals surface area contributed by atoms with Gasteiger partial charge in [0.15, 0.2) is 12.2 Å². The molecule has 3 amide bonds. The Balaban J connectivity index is 3.47. The highest BCUT2D eigenvalue weighted by atomic mass is 32.2. The third kappa shape index (κ3) is 5.03. The number of nitrogens with two attached hydrogens (primary N) is 2. The monoisotopic (exact) mass is 179 g/mol. The molecule has 0 aliphatic carbocycles. The molecule has 11 heavy (non-hydrogen) atoms. The molecule has 0 aromatic carbocycles. The van der Waals surface area contributed by atoms with E-state index in [0.717, 1.165) is 0 Å². The summed E-state index contributed by atoms with van der Waals surface area (Å²) in [6, 6.07) is 0. The maximum Gasteiger partial charge on any atom is 0.418 e. The first-order chi connectivity index (χ1) is 5.04. The number of hydrogen-bond acceptors (Lipinski definition) is 5. The number of carbonyl (C=O) groups excluding carboxylic acids is 3. The normalized spacial score (nSPS) is 8.36. The number of nitrogens with one attached hydrogen (secondary N) is 1. The Hall–Kier alpha value is -1.44. The summed E-state index contributed by atoms with van der Waals surface area (Å²) in [6.45, 7) is 0. The number of rotatable bonds is 2. The molecule has 62 valence electrons. The van der Waals surface area contributed by atoms with E-state index in [1.807, 2.05) is 0 Å². The third-order valence-electron chi connectivity index (χ3n) is 0.482. The third-order valence-corrected chi connectivity index (χ3v) is 0.998. The second-order valence-corrected chi connectivity index (χ2v) is 1.82. The van der Waals surface area contributed by atoms with Gasteiger partial charge in [0.25, 0.3) is 0 Å². The maximum absolute atomic E-state index is 10.3. The molecule has 0 fully saturated rings. The summed E-state index contributed by atoms with van der Waals surface area (Å²) in [5, 5.41) is 0. The van der Waals surface area contributed by atoms with E-state index in [4.69, 9.17) is 0 Å². The number of primary amides is 2. The van der Waals surface area contributed by atoms with E-state index in [0.29, 0.717) is 0 Å². The molecule has 0 atom stereocenters. The van der Waals surface area contributed by atoms with E-state index in [1.54, 1.807) is 4.72 Å². The van der Waals surface area contributed by atoms with Crippen molar-refractivity contribution >= 4 is 30.1 Å². The molecule has 0 unspecified atom stereocenters. The van der Waals surface area contributed by atoms with Gasteiger partial charge in [-0.1, -0.05) is 0 Å². The predicted molar refractivity (Wildman–Crippen MR) is 35.6 cm³/mol. The van der Waals surface area contributed by atoms with E-state index < -0.39 is 17.9 Å². The Bertz CT molecular complexity index is 193. The van der Waals surface area contributed by atoms with Crippen molar-refractivity contribution in [3.8, 4) is 0 Å². The number of amides is 3. The lowest BCUT2D eigenvalue weighted by atomic mass is 10.6. The van der Waals surface area contributed by atoms with Crippen LogP contribution in [-0.4, -0.2) is 17.9 Å². The summed E-state index contributed by atoms with van der Waals surface area (Å²) in [5.74, 6) is -2.25. The first-order valence-corrected chi connectivity index (χ1v) is 3.01. The lowest BCUT2D eigenvalue weighted by Crippen LogP contribution is -2.32. The zero-order valence-electron chi connectivity index (χ0n) is 5.20. The Morgan fingerprint density at radius 3 is 2.18 bits per heavy atom. The number of hydrogen-bond donors (Lipinski definition) is 3. The molecule has 0 rings (SSSR count). The summed E-state index contributed by atoms with van der Waals surface area (Å²) < 4.78 is 5.77. The molecule has 5 N–H and O–H groups in total. The van der Waals surface area contributed by atoms with E-state index in [1.165, 1.54) is 0 Å². The molecule has 0 spiro atoms. The molecule has 8 heteroatoms. The Morgan fingerprint density at radius 1 is 1.27 bits per heavy atom. The summed E-state index contributed by atoms with van der Waals surface area (Å²) in [6.07, 6.45) is -1.08. The van der Waals surface area contributed by atoms with Crippen LogP contribution < -0.4 is 16.2 Å². The van der Waals surface area contributed by atoms with Gasteiger partial charge in [0, 0.05) is 0 Å². The first-order valence-electron chi connectivity index (χ1n) is 2.26. The lowest BCUT2D eigenvalue weighted by Gasteiger charge is -1.97. The molecule has 0 aliphatic heterocycles. The summed E-state index contributed by atoms with van der Waals surface area (Å²) in [5.41, 5.74) is 9.02. The van der Waals surface area contributed by atoms with Gasteiger partial charge in [-0.15, -0.1) is 0 Å². The van der Waals surface area contributed by atoms with Crippen molar-refractivity contribution in [2.75, 3.05) is 0 Å². The average molecular weight is 179 g/mol. The Kier molecular flexibility index (Phi) is 3.81. The van der Waals surface area contributed by atoms with Gasteiger partial charge < -0.3 is 15.7 Å². The smallest absolute Gasteiger partial charge is 0.361 e. The van der Waals surface area contributed by atoms with Gasteiger partial charge in [-0.25, -0.2) is 4.79 Å². The highest BCUT2D eigenvalue weighted by molar-refractivity contribution is 7.93. The van der Waals surface area contributed by atoms with Crippen molar-refractivity contribution < 1.29 is 18.6 Å². The fourth-order valence-corrected chi connectivity index (χ4v) is 0.450. The summed E-state index contributed by atoms with van der Waals surface area (Å²) in [7, 11) is 0. The molecule has 0 radical (unpaired) electrons. The van der Waals surface area contributed by atoms with Gasteiger partial charge in [-0.2, -0.15) is 0 Å². The molecular formula is C3H5N3O4S. The van der Waals surface area contributed by atoms with Crippen molar-refractivity contribution in [3.63, 3.8) is 0 Å². The molecule has 0 aliphatic rings. The second-order valence-electron chi connectivity index (χ2n) is 1.28. The molecule has 0 aromatic heterocycles. The first kappa shape index (κ1) is 9.56. The van der Waals surface area contributed by atoms with Crippen LogP contribution in [0.2, 0.25) is 0 Å². The van der Waals surface area contributed by atoms with Crippen LogP contribution in [0.3, 0.4) is 0 Å². The van der Waals surface area contributed by atoms with Crippen LogP contribution in [0, 0.1) is 0 Å². The van der Waals surface area contributed by atoms with Crippen LogP contribution in [-0.2, 0) is 13.8 Å². The van der Waals surface area contributed by atoms with Crippen LogP contribution in [0.5, 0.6) is 0 Å². The SMILES string of the molecule is NC(=O)OSNC(=O)C(N)=O. The predicted octanol–water partition coefficient (Wildman–Crippen LogP) is -1.75. The molecule has 0 saturated heterocycles. The maximum atomic E-state index is 10.3. The van der Waals surface area contributed by atoms with Crippen LogP contribution in [0.4, 0.5) is 4.79 Å². The van der Waals surface area contributed by atoms with E-state index in [-0.39, 0.29) is 12.2 Å². The Morgan fingerprint density at radius 2 is 1.82 bits per heavy atom. The van der Waals surface area contributed by atoms with Gasteiger partial charge in [0.2, 0.25) is 0 Å². The van der Waals surface area contributed by atoms with Gasteiger partial charge in [-0.3, -0.25) is 14.3 Å². The van der Waals surface area contributed by atoms with Gasteiger partial charge in [0.05, 0.1) is 0 Å². The van der Waals surface area contributed by atoms with Crippen LogP contribution in [0.25, 0.3) is 0 Å². The standard InChI is InChI=1S/C3H5N3O4S/c4-1(7)2(8)6-11-10-3(5)9/h(H2,4,7)(H2,5,9)(H,6,8). The minimum absolute atomic E-state index is 0.223. The highest BCUT2D eigenvalue weighted by Gasteiger charge is 2.08. The van der Waals surface area contributed by atoms with Crippen molar-refractivity contribution in [1.82, 2.24) is 4.72 Å². The van der Waals surface area contributed by atoms with E-state index in [9.17, 15) is 14.4 Å². The largest absolute Gasteiger partial charge is 0.418 e. The van der Waals surface area contributed by atoms with Gasteiger partial charge >= 0.3 is 17.9 Å². The fourth-order valence-electron chi connectivity index (χ4n) is 0.150. The van der Waals surface area contributed by atoms with Crippen LogP contribution >= 0.6 is 12.2 Å². The second kappa shape index (κ2) is 4.39. The minimum atomic E-state index is -1.18. The zero-order valence-corrected chi connectivity index (χ0v) is 6.01. The Labute approximate surface area is 65.8 Å². The quantitative estimate of drug-likeness (QED) is 0.263. The molecule has 0 aromatic rings. The average Bonchev–Trinajstić information content (AvgIpc) is 1.86. The summed E-state index contributed by atoms with van der Waals surface area (Å²) >= 11 is 0.223. The fraction of sp³-hybridized carbons (Fsp3) is 0. The van der Waals surface area contributed by atoms with Gasteiger partial charge in [0.1, 0.15) is 0 Å². The molecule has 0 bridgehead atoms. The van der Waals surface area contributed by atoms with Crippen molar-refractivity contribution in [2.24, 2.45) is 11.5 Å². The van der Waals surface area contributed by atoms with Crippen molar-refractivity contribution in [1.29, 1.82) is 0 Å². The zero-order chi connectivity index (χ0) is 8.85.